The predicted molar refractivity (Wildman–Crippen MR) is 30.2 cm³/mol. The predicted octanol–water partition coefficient (Wildman–Crippen LogP) is 0.667. The summed E-state index contributed by atoms with van der Waals surface area (Å²) in [6.45, 7) is 3.28. The summed E-state index contributed by atoms with van der Waals surface area (Å²) in [6, 6.07) is 0. The molecule has 0 amide bonds. The van der Waals surface area contributed by atoms with Gasteiger partial charge in [0, 0.05) is 6.42 Å². The number of carbonyl (C=O) groups is 1. The third-order valence-corrected chi connectivity index (χ3v) is 0.607. The van der Waals surface area contributed by atoms with Gasteiger partial charge in [-0.2, -0.15) is 0 Å². The van der Waals surface area contributed by atoms with Crippen molar-refractivity contribution in [1.82, 2.24) is 0 Å². The zero-order valence-electron chi connectivity index (χ0n) is 4.35. The molecule has 0 unspecified atom stereocenters. The van der Waals surface area contributed by atoms with E-state index in [1.54, 1.807) is 0 Å². The highest BCUT2D eigenvalue weighted by Crippen LogP contribution is 1.82. The molecule has 0 aliphatic heterocycles. The summed E-state index contributed by atoms with van der Waals surface area (Å²) >= 11 is 0. The lowest BCUT2D eigenvalue weighted by Crippen LogP contribution is -2.09. The summed E-state index contributed by atoms with van der Waals surface area (Å²) in [6.07, 6.45) is 1.52. The first-order valence-electron chi connectivity index (χ1n) is 2.10. The Hall–Kier alpha value is -1.12. The van der Waals surface area contributed by atoms with Crippen LogP contribution in [0.2, 0.25) is 0 Å². The SMILES string of the molecule is C=CCC(=N)C(=O)O. The van der Waals surface area contributed by atoms with Crippen LogP contribution < -0.4 is 0 Å². The van der Waals surface area contributed by atoms with Crippen LogP contribution in [0.15, 0.2) is 12.7 Å². The fourth-order valence-corrected chi connectivity index (χ4v) is 0.232. The van der Waals surface area contributed by atoms with Crippen LogP contribution in [-0.2, 0) is 4.79 Å². The van der Waals surface area contributed by atoms with E-state index in [4.69, 9.17) is 10.5 Å². The number of carboxylic acid groups (broad SMARTS) is 1. The Morgan fingerprint density at radius 3 is 2.50 bits per heavy atom. The zero-order chi connectivity index (χ0) is 6.57. The molecule has 2 N–H and O–H groups in total. The van der Waals surface area contributed by atoms with Gasteiger partial charge in [-0.3, -0.25) is 5.41 Å². The maximum atomic E-state index is 9.82. The van der Waals surface area contributed by atoms with Crippen molar-refractivity contribution >= 4 is 11.7 Å². The van der Waals surface area contributed by atoms with Gasteiger partial charge >= 0.3 is 5.97 Å². The molecule has 0 aromatic rings. The summed E-state index contributed by atoms with van der Waals surface area (Å²) in [7, 11) is 0. The molecule has 0 fully saturated rings. The molecular formula is C5H7NO2. The molecule has 3 heteroatoms. The maximum absolute atomic E-state index is 9.82. The van der Waals surface area contributed by atoms with E-state index in [9.17, 15) is 4.79 Å². The number of allylic oxidation sites excluding steroid dienone is 1. The zero-order valence-corrected chi connectivity index (χ0v) is 4.35. The highest BCUT2D eigenvalue weighted by Gasteiger charge is 2.01. The summed E-state index contributed by atoms with van der Waals surface area (Å²) in [5, 5.41) is 14.7. The Balaban J connectivity index is 3.65. The van der Waals surface area contributed by atoms with E-state index in [1.807, 2.05) is 0 Å². The number of aliphatic carboxylic acids is 1. The van der Waals surface area contributed by atoms with E-state index in [0.717, 1.165) is 0 Å². The lowest BCUT2D eigenvalue weighted by atomic mass is 10.3. The second-order valence-corrected chi connectivity index (χ2v) is 1.28. The number of rotatable bonds is 3. The number of hydrogen-bond donors (Lipinski definition) is 2. The minimum atomic E-state index is -1.18. The normalized spacial score (nSPS) is 8.00. The van der Waals surface area contributed by atoms with Gasteiger partial charge in [-0.1, -0.05) is 6.08 Å². The van der Waals surface area contributed by atoms with E-state index < -0.39 is 5.97 Å². The molecule has 0 saturated heterocycles. The fraction of sp³-hybridized carbons (Fsp3) is 0.200. The van der Waals surface area contributed by atoms with Crippen LogP contribution in [0.1, 0.15) is 6.42 Å². The van der Waals surface area contributed by atoms with E-state index in [2.05, 4.69) is 6.58 Å². The van der Waals surface area contributed by atoms with Crippen LogP contribution in [0.4, 0.5) is 0 Å². The monoisotopic (exact) mass is 113 g/mol. The fourth-order valence-electron chi connectivity index (χ4n) is 0.232. The van der Waals surface area contributed by atoms with Crippen molar-refractivity contribution in [3.8, 4) is 0 Å². The minimum absolute atomic E-state index is 0.134. The van der Waals surface area contributed by atoms with Gasteiger partial charge in [-0.25, -0.2) is 4.79 Å². The second-order valence-electron chi connectivity index (χ2n) is 1.28. The third kappa shape index (κ3) is 2.12. The van der Waals surface area contributed by atoms with Crippen LogP contribution in [0.5, 0.6) is 0 Å². The Kier molecular flexibility index (Phi) is 2.54. The summed E-state index contributed by atoms with van der Waals surface area (Å²) in [5.41, 5.74) is -0.319. The Bertz CT molecular complexity index is 128. The molecule has 0 spiro atoms. The number of nitrogens with one attached hydrogen (secondary N) is 1. The first kappa shape index (κ1) is 6.88. The Morgan fingerprint density at radius 1 is 1.88 bits per heavy atom. The van der Waals surface area contributed by atoms with Gasteiger partial charge in [0.2, 0.25) is 0 Å². The topological polar surface area (TPSA) is 61.2 Å². The summed E-state index contributed by atoms with van der Waals surface area (Å²) in [4.78, 5) is 9.82. The van der Waals surface area contributed by atoms with Gasteiger partial charge in [-0.05, 0) is 0 Å². The van der Waals surface area contributed by atoms with Crippen LogP contribution in [0.3, 0.4) is 0 Å². The van der Waals surface area contributed by atoms with E-state index >= 15 is 0 Å². The first-order chi connectivity index (χ1) is 3.68. The average Bonchev–Trinajstić information content (AvgIpc) is 1.67. The van der Waals surface area contributed by atoms with Crippen molar-refractivity contribution in [2.24, 2.45) is 0 Å². The van der Waals surface area contributed by atoms with E-state index in [1.165, 1.54) is 6.08 Å². The lowest BCUT2D eigenvalue weighted by molar-refractivity contribution is -0.129. The molecule has 0 atom stereocenters. The molecule has 0 aromatic carbocycles. The van der Waals surface area contributed by atoms with Crippen LogP contribution in [0.25, 0.3) is 0 Å². The smallest absolute Gasteiger partial charge is 0.349 e. The van der Waals surface area contributed by atoms with Crippen molar-refractivity contribution in [2.45, 2.75) is 6.42 Å². The molecule has 0 aliphatic rings. The molecule has 0 heterocycles. The van der Waals surface area contributed by atoms with Crippen LogP contribution >= 0.6 is 0 Å². The molecule has 0 aromatic heterocycles. The van der Waals surface area contributed by atoms with Gasteiger partial charge in [0.25, 0.3) is 0 Å². The Morgan fingerprint density at radius 2 is 2.38 bits per heavy atom. The van der Waals surface area contributed by atoms with Crippen molar-refractivity contribution in [3.05, 3.63) is 12.7 Å². The maximum Gasteiger partial charge on any atom is 0.349 e. The molecule has 0 saturated carbocycles. The highest BCUT2D eigenvalue weighted by molar-refractivity contribution is 6.34. The van der Waals surface area contributed by atoms with Gasteiger partial charge < -0.3 is 5.11 Å². The summed E-state index contributed by atoms with van der Waals surface area (Å²) in [5.74, 6) is -1.18. The average molecular weight is 113 g/mol. The third-order valence-electron chi connectivity index (χ3n) is 0.607. The molecule has 0 rings (SSSR count). The minimum Gasteiger partial charge on any atom is -0.477 e. The number of hydrogen-bond acceptors (Lipinski definition) is 2. The quantitative estimate of drug-likeness (QED) is 0.417. The largest absolute Gasteiger partial charge is 0.477 e. The van der Waals surface area contributed by atoms with Gasteiger partial charge in [0.05, 0.1) is 0 Å². The van der Waals surface area contributed by atoms with Crippen LogP contribution in [0, 0.1) is 5.41 Å². The lowest BCUT2D eigenvalue weighted by Gasteiger charge is -1.87. The first-order valence-corrected chi connectivity index (χ1v) is 2.10. The van der Waals surface area contributed by atoms with E-state index in [-0.39, 0.29) is 12.1 Å². The van der Waals surface area contributed by atoms with Crippen LogP contribution in [-0.4, -0.2) is 16.8 Å². The molecule has 44 valence electrons. The van der Waals surface area contributed by atoms with Crippen molar-refractivity contribution in [1.29, 1.82) is 5.41 Å². The molecule has 0 radical (unpaired) electrons. The standard InChI is InChI=1S/C5H7NO2/c1-2-3-4(6)5(7)8/h2,6H,1,3H2,(H,7,8). The highest BCUT2D eigenvalue weighted by atomic mass is 16.4. The van der Waals surface area contributed by atoms with Crippen molar-refractivity contribution in [2.75, 3.05) is 0 Å². The number of carboxylic acids is 1. The molecular weight excluding hydrogens is 106 g/mol. The Labute approximate surface area is 47.2 Å². The molecule has 3 nitrogen and oxygen atoms in total. The van der Waals surface area contributed by atoms with E-state index in [0.29, 0.717) is 0 Å². The molecule has 0 aliphatic carbocycles. The summed E-state index contributed by atoms with van der Waals surface area (Å²) < 4.78 is 0. The van der Waals surface area contributed by atoms with Gasteiger partial charge in [-0.15, -0.1) is 6.58 Å². The van der Waals surface area contributed by atoms with Crippen molar-refractivity contribution in [3.63, 3.8) is 0 Å². The van der Waals surface area contributed by atoms with Crippen molar-refractivity contribution < 1.29 is 9.90 Å². The van der Waals surface area contributed by atoms with Gasteiger partial charge in [0.15, 0.2) is 0 Å². The second kappa shape index (κ2) is 2.96. The van der Waals surface area contributed by atoms with Gasteiger partial charge in [0.1, 0.15) is 5.71 Å². The molecule has 8 heavy (non-hydrogen) atoms. The molecule has 0 bridgehead atoms.